The van der Waals surface area contributed by atoms with Crippen LogP contribution in [0.4, 0.5) is 0 Å². The third-order valence-corrected chi connectivity index (χ3v) is 8.28. The quantitative estimate of drug-likeness (QED) is 0.330. The first-order chi connectivity index (χ1) is 13.0. The van der Waals surface area contributed by atoms with Gasteiger partial charge in [0.05, 0.1) is 5.02 Å². The second kappa shape index (κ2) is 9.10. The van der Waals surface area contributed by atoms with Crippen LogP contribution in [-0.2, 0) is 19.5 Å². The van der Waals surface area contributed by atoms with Gasteiger partial charge in [0.1, 0.15) is 11.6 Å². The molecular weight excluding hydrogens is 420 g/mol. The second-order valence-corrected chi connectivity index (χ2v) is 15.6. The first kappa shape index (κ1) is 23.1. The van der Waals surface area contributed by atoms with Gasteiger partial charge < -0.3 is 9.47 Å². The van der Waals surface area contributed by atoms with Crippen LogP contribution in [0.5, 0.6) is 0 Å². The lowest BCUT2D eigenvalue weighted by Crippen LogP contribution is -2.54. The van der Waals surface area contributed by atoms with Gasteiger partial charge in [-0.05, 0) is 19.0 Å². The molecule has 1 aromatic heterocycles. The zero-order valence-corrected chi connectivity index (χ0v) is 19.4. The fourth-order valence-corrected chi connectivity index (χ4v) is 5.13. The van der Waals surface area contributed by atoms with E-state index in [0.717, 1.165) is 10.3 Å². The molecule has 8 nitrogen and oxygen atoms in total. The van der Waals surface area contributed by atoms with Crippen molar-refractivity contribution in [2.75, 3.05) is 20.4 Å². The lowest BCUT2D eigenvalue weighted by molar-refractivity contribution is -0.0593. The minimum absolute atomic E-state index is 0.0736. The molecule has 0 spiro atoms. The van der Waals surface area contributed by atoms with Gasteiger partial charge in [-0.15, -0.1) is 4.31 Å². The molecule has 0 saturated carbocycles. The highest BCUT2D eigenvalue weighted by Gasteiger charge is 2.45. The molecule has 0 aromatic carbocycles. The standard InChI is InChI=1S/C17H27ClN4O4SSi/c1-17(25-2)16(20-8-9-21-17)22(13-26-10-11-28(3,4)5)27(23,24)15-12-19-7-6-14(15)18/h6-9,12,16H,10-11,13H2,1-5H3. The summed E-state index contributed by atoms with van der Waals surface area (Å²) >= 11 is 6.14. The van der Waals surface area contributed by atoms with Crippen molar-refractivity contribution in [2.24, 2.45) is 9.98 Å². The summed E-state index contributed by atoms with van der Waals surface area (Å²) < 4.78 is 39.1. The van der Waals surface area contributed by atoms with E-state index in [0.29, 0.717) is 6.61 Å². The third kappa shape index (κ3) is 5.46. The number of methoxy groups -OCH3 is 1. The Hall–Kier alpha value is -1.17. The number of rotatable bonds is 9. The fraction of sp³-hybridized carbons (Fsp3) is 0.588. The Labute approximate surface area is 172 Å². The fourth-order valence-electron chi connectivity index (χ4n) is 2.49. The average molecular weight is 447 g/mol. The van der Waals surface area contributed by atoms with Crippen LogP contribution in [0.25, 0.3) is 0 Å². The maximum absolute atomic E-state index is 13.4. The van der Waals surface area contributed by atoms with Gasteiger partial charge in [0.2, 0.25) is 10.0 Å². The molecule has 1 aliphatic rings. The Morgan fingerprint density at radius 2 is 2.04 bits per heavy atom. The molecule has 2 unspecified atom stereocenters. The second-order valence-electron chi connectivity index (χ2n) is 7.76. The maximum Gasteiger partial charge on any atom is 0.250 e. The molecule has 0 radical (unpaired) electrons. The SMILES string of the molecule is COC1(C)N=CC=NC1N(COCC[Si](C)(C)C)S(=O)(=O)c1cnccc1Cl. The number of ether oxygens (including phenoxy) is 2. The van der Waals surface area contributed by atoms with Crippen LogP contribution in [0.3, 0.4) is 0 Å². The van der Waals surface area contributed by atoms with Crippen LogP contribution < -0.4 is 0 Å². The van der Waals surface area contributed by atoms with Crippen molar-refractivity contribution in [1.29, 1.82) is 0 Å². The van der Waals surface area contributed by atoms with E-state index >= 15 is 0 Å². The maximum atomic E-state index is 13.4. The molecule has 0 bridgehead atoms. The highest BCUT2D eigenvalue weighted by atomic mass is 35.5. The van der Waals surface area contributed by atoms with Gasteiger partial charge in [-0.2, -0.15) is 0 Å². The minimum Gasteiger partial charge on any atom is -0.365 e. The summed E-state index contributed by atoms with van der Waals surface area (Å²) in [6, 6.07) is 2.33. The van der Waals surface area contributed by atoms with E-state index in [1.54, 1.807) is 6.92 Å². The molecule has 0 fully saturated rings. The molecule has 1 aliphatic heterocycles. The molecule has 1 aromatic rings. The van der Waals surface area contributed by atoms with E-state index in [2.05, 4.69) is 34.6 Å². The van der Waals surface area contributed by atoms with Crippen LogP contribution >= 0.6 is 11.6 Å². The van der Waals surface area contributed by atoms with Gasteiger partial charge in [-0.3, -0.25) is 15.0 Å². The van der Waals surface area contributed by atoms with Gasteiger partial charge in [0, 0.05) is 46.6 Å². The molecule has 0 amide bonds. The van der Waals surface area contributed by atoms with Crippen LogP contribution in [0.15, 0.2) is 33.3 Å². The van der Waals surface area contributed by atoms with Gasteiger partial charge in [0.25, 0.3) is 0 Å². The van der Waals surface area contributed by atoms with Crippen molar-refractivity contribution >= 4 is 42.1 Å². The Morgan fingerprint density at radius 3 is 2.64 bits per heavy atom. The number of halogens is 1. The van der Waals surface area contributed by atoms with Crippen LogP contribution in [0.1, 0.15) is 6.92 Å². The van der Waals surface area contributed by atoms with Crippen LogP contribution in [0, 0.1) is 0 Å². The molecule has 156 valence electrons. The van der Waals surface area contributed by atoms with Crippen molar-refractivity contribution in [2.45, 2.75) is 49.4 Å². The molecule has 2 atom stereocenters. The average Bonchev–Trinajstić information content (AvgIpc) is 2.62. The molecule has 0 saturated heterocycles. The van der Waals surface area contributed by atoms with E-state index in [1.807, 2.05) is 0 Å². The number of nitrogens with zero attached hydrogens (tertiary/aromatic N) is 4. The van der Waals surface area contributed by atoms with Crippen LogP contribution in [0.2, 0.25) is 30.7 Å². The number of hydrogen-bond acceptors (Lipinski definition) is 7. The molecule has 11 heteroatoms. The van der Waals surface area contributed by atoms with Gasteiger partial charge in [-0.1, -0.05) is 31.2 Å². The summed E-state index contributed by atoms with van der Waals surface area (Å²) in [7, 11) is -3.94. The highest BCUT2D eigenvalue weighted by molar-refractivity contribution is 7.89. The first-order valence-corrected chi connectivity index (χ1v) is 14.3. The smallest absolute Gasteiger partial charge is 0.250 e. The first-order valence-electron chi connectivity index (χ1n) is 8.82. The highest BCUT2D eigenvalue weighted by Crippen LogP contribution is 2.31. The largest absolute Gasteiger partial charge is 0.365 e. The third-order valence-electron chi connectivity index (χ3n) is 4.33. The molecule has 0 aliphatic carbocycles. The molecule has 2 heterocycles. The Balaban J connectivity index is 2.37. The van der Waals surface area contributed by atoms with E-state index in [9.17, 15) is 8.42 Å². The van der Waals surface area contributed by atoms with E-state index in [4.69, 9.17) is 21.1 Å². The minimum atomic E-state index is -4.07. The van der Waals surface area contributed by atoms with E-state index in [1.165, 1.54) is 38.0 Å². The Bertz CT molecular complexity index is 844. The lowest BCUT2D eigenvalue weighted by Gasteiger charge is -2.38. The number of aliphatic imine (C=N–C) groups is 2. The molecule has 0 N–H and O–H groups in total. The summed E-state index contributed by atoms with van der Waals surface area (Å²) in [5, 5.41) is 0.0736. The Morgan fingerprint density at radius 1 is 1.32 bits per heavy atom. The predicted octanol–water partition coefficient (Wildman–Crippen LogP) is 2.88. The van der Waals surface area contributed by atoms with Gasteiger partial charge >= 0.3 is 0 Å². The molecular formula is C17H27ClN4O4SSi. The topological polar surface area (TPSA) is 93.5 Å². The van der Waals surface area contributed by atoms with Gasteiger partial charge in [-0.25, -0.2) is 8.42 Å². The summed E-state index contributed by atoms with van der Waals surface area (Å²) in [6.45, 7) is 8.59. The Kier molecular flexibility index (Phi) is 7.51. The van der Waals surface area contributed by atoms with Crippen molar-refractivity contribution in [3.05, 3.63) is 23.5 Å². The number of aromatic nitrogens is 1. The molecule has 2 rings (SSSR count). The zero-order chi connectivity index (χ0) is 21.0. The summed E-state index contributed by atoms with van der Waals surface area (Å²) in [5.41, 5.74) is -1.20. The molecule has 28 heavy (non-hydrogen) atoms. The summed E-state index contributed by atoms with van der Waals surface area (Å²) in [5.74, 6) is 0. The predicted molar refractivity (Wildman–Crippen MR) is 113 cm³/mol. The number of hydrogen-bond donors (Lipinski definition) is 0. The van der Waals surface area contributed by atoms with Crippen molar-refractivity contribution in [3.63, 3.8) is 0 Å². The van der Waals surface area contributed by atoms with E-state index < -0.39 is 30.0 Å². The lowest BCUT2D eigenvalue weighted by atomic mass is 10.2. The number of sulfonamides is 1. The number of pyridine rings is 1. The van der Waals surface area contributed by atoms with Crippen molar-refractivity contribution in [1.82, 2.24) is 9.29 Å². The van der Waals surface area contributed by atoms with Crippen molar-refractivity contribution in [3.8, 4) is 0 Å². The van der Waals surface area contributed by atoms with E-state index in [-0.39, 0.29) is 16.6 Å². The van der Waals surface area contributed by atoms with Crippen LogP contribution in [-0.4, -0.2) is 70.5 Å². The van der Waals surface area contributed by atoms with Gasteiger partial charge in [0.15, 0.2) is 11.9 Å². The van der Waals surface area contributed by atoms with Crippen molar-refractivity contribution < 1.29 is 17.9 Å². The zero-order valence-electron chi connectivity index (χ0n) is 16.8. The summed E-state index contributed by atoms with van der Waals surface area (Å²) in [6.07, 6.45) is 4.62. The summed E-state index contributed by atoms with van der Waals surface area (Å²) in [4.78, 5) is 12.4. The normalized spacial score (nSPS) is 22.8. The monoisotopic (exact) mass is 446 g/mol.